The molecule has 7 heteroatoms. The third kappa shape index (κ3) is 3.19. The largest absolute Gasteiger partial charge is 0.472 e. The van der Waals surface area contributed by atoms with Crippen LogP contribution in [-0.4, -0.2) is 41.3 Å². The molecule has 0 unspecified atom stereocenters. The Morgan fingerprint density at radius 1 is 1.47 bits per heavy atom. The zero-order valence-corrected chi connectivity index (χ0v) is 10.8. The van der Waals surface area contributed by atoms with Crippen molar-refractivity contribution in [2.24, 2.45) is 0 Å². The topological polar surface area (TPSA) is 79.4 Å². The number of methoxy groups -OCH3 is 1. The van der Waals surface area contributed by atoms with E-state index < -0.39 is 5.97 Å². The third-order valence-corrected chi connectivity index (χ3v) is 2.61. The second-order valence-electron chi connectivity index (χ2n) is 3.94. The standard InChI is InChI=1S/C12H15N3O4/c1-9-11(12(16)19-6-5-17-2)13-14-15(9)7-10-3-4-18-8-10/h3-4,8H,5-7H2,1-2H3. The number of esters is 1. The molecule has 2 heterocycles. The lowest BCUT2D eigenvalue weighted by Crippen LogP contribution is -2.12. The predicted octanol–water partition coefficient (Wildman–Crippen LogP) is 1.03. The van der Waals surface area contributed by atoms with Crippen molar-refractivity contribution in [3.63, 3.8) is 0 Å². The van der Waals surface area contributed by atoms with Crippen molar-refractivity contribution in [3.8, 4) is 0 Å². The number of nitrogens with zero attached hydrogens (tertiary/aromatic N) is 3. The molecule has 102 valence electrons. The van der Waals surface area contributed by atoms with E-state index in [9.17, 15) is 4.79 Å². The molecular formula is C12H15N3O4. The van der Waals surface area contributed by atoms with Crippen LogP contribution in [0.5, 0.6) is 0 Å². The van der Waals surface area contributed by atoms with Crippen molar-refractivity contribution in [2.75, 3.05) is 20.3 Å². The SMILES string of the molecule is COCCOC(=O)c1nnn(Cc2ccoc2)c1C. The lowest BCUT2D eigenvalue weighted by molar-refractivity contribution is 0.0380. The van der Waals surface area contributed by atoms with Gasteiger partial charge in [0.25, 0.3) is 0 Å². The van der Waals surface area contributed by atoms with E-state index in [1.165, 1.54) is 0 Å². The fourth-order valence-electron chi connectivity index (χ4n) is 1.54. The molecule has 0 aliphatic heterocycles. The number of carbonyl (C=O) groups is 1. The van der Waals surface area contributed by atoms with Crippen LogP contribution >= 0.6 is 0 Å². The summed E-state index contributed by atoms with van der Waals surface area (Å²) >= 11 is 0. The smallest absolute Gasteiger partial charge is 0.360 e. The van der Waals surface area contributed by atoms with Crippen molar-refractivity contribution in [3.05, 3.63) is 35.5 Å². The number of hydrogen-bond donors (Lipinski definition) is 0. The van der Waals surface area contributed by atoms with Crippen molar-refractivity contribution in [1.82, 2.24) is 15.0 Å². The Balaban J connectivity index is 2.03. The molecule has 0 fully saturated rings. The summed E-state index contributed by atoms with van der Waals surface area (Å²) in [7, 11) is 1.54. The minimum absolute atomic E-state index is 0.198. The Morgan fingerprint density at radius 3 is 3.00 bits per heavy atom. The molecule has 0 spiro atoms. The van der Waals surface area contributed by atoms with Gasteiger partial charge in [-0.2, -0.15) is 0 Å². The van der Waals surface area contributed by atoms with Gasteiger partial charge in [-0.05, 0) is 13.0 Å². The van der Waals surface area contributed by atoms with Gasteiger partial charge in [-0.15, -0.1) is 5.10 Å². The molecule has 7 nitrogen and oxygen atoms in total. The number of aromatic nitrogens is 3. The van der Waals surface area contributed by atoms with E-state index in [1.54, 1.807) is 31.2 Å². The van der Waals surface area contributed by atoms with E-state index >= 15 is 0 Å². The molecule has 19 heavy (non-hydrogen) atoms. The van der Waals surface area contributed by atoms with E-state index in [0.29, 0.717) is 18.8 Å². The maximum atomic E-state index is 11.7. The summed E-state index contributed by atoms with van der Waals surface area (Å²) in [4.78, 5) is 11.7. The van der Waals surface area contributed by atoms with Crippen LogP contribution in [0.1, 0.15) is 21.7 Å². The van der Waals surface area contributed by atoms with Gasteiger partial charge in [0.15, 0.2) is 5.69 Å². The first-order chi connectivity index (χ1) is 9.22. The van der Waals surface area contributed by atoms with Crippen molar-refractivity contribution in [2.45, 2.75) is 13.5 Å². The van der Waals surface area contributed by atoms with Crippen LogP contribution in [0.15, 0.2) is 23.0 Å². The molecule has 0 amide bonds. The Labute approximate surface area is 110 Å². The summed E-state index contributed by atoms with van der Waals surface area (Å²) in [5.41, 5.74) is 1.83. The fourth-order valence-corrected chi connectivity index (χ4v) is 1.54. The maximum Gasteiger partial charge on any atom is 0.360 e. The molecule has 0 aliphatic carbocycles. The first-order valence-electron chi connectivity index (χ1n) is 5.79. The van der Waals surface area contributed by atoms with Gasteiger partial charge in [0.1, 0.15) is 6.61 Å². The molecule has 0 saturated carbocycles. The van der Waals surface area contributed by atoms with E-state index in [0.717, 1.165) is 5.56 Å². The van der Waals surface area contributed by atoms with Crippen molar-refractivity contribution in [1.29, 1.82) is 0 Å². The number of hydrogen-bond acceptors (Lipinski definition) is 6. The number of furan rings is 1. The number of carbonyl (C=O) groups excluding carboxylic acids is 1. The number of rotatable bonds is 6. The van der Waals surface area contributed by atoms with Gasteiger partial charge in [0.05, 0.1) is 31.4 Å². The van der Waals surface area contributed by atoms with Gasteiger partial charge >= 0.3 is 5.97 Å². The van der Waals surface area contributed by atoms with Gasteiger partial charge in [-0.3, -0.25) is 0 Å². The predicted molar refractivity (Wildman–Crippen MR) is 64.7 cm³/mol. The molecule has 0 aliphatic rings. The zero-order chi connectivity index (χ0) is 13.7. The monoisotopic (exact) mass is 265 g/mol. The molecule has 0 radical (unpaired) electrons. The normalized spacial score (nSPS) is 10.6. The highest BCUT2D eigenvalue weighted by molar-refractivity contribution is 5.88. The highest BCUT2D eigenvalue weighted by Gasteiger charge is 2.18. The molecule has 0 atom stereocenters. The fraction of sp³-hybridized carbons (Fsp3) is 0.417. The van der Waals surface area contributed by atoms with E-state index in [4.69, 9.17) is 13.9 Å². The summed E-state index contributed by atoms with van der Waals surface area (Å²) in [6.07, 6.45) is 3.21. The Kier molecular flexibility index (Phi) is 4.30. The maximum absolute atomic E-state index is 11.7. The summed E-state index contributed by atoms with van der Waals surface area (Å²) in [5, 5.41) is 7.77. The van der Waals surface area contributed by atoms with Gasteiger partial charge in [0.2, 0.25) is 0 Å². The van der Waals surface area contributed by atoms with Crippen molar-refractivity contribution < 1.29 is 18.7 Å². The third-order valence-electron chi connectivity index (χ3n) is 2.61. The summed E-state index contributed by atoms with van der Waals surface area (Å²) < 4.78 is 16.4. The average Bonchev–Trinajstić information content (AvgIpc) is 3.02. The molecule has 0 aromatic carbocycles. The zero-order valence-electron chi connectivity index (χ0n) is 10.8. The highest BCUT2D eigenvalue weighted by Crippen LogP contribution is 2.09. The minimum Gasteiger partial charge on any atom is -0.472 e. The van der Waals surface area contributed by atoms with Gasteiger partial charge in [-0.25, -0.2) is 9.48 Å². The highest BCUT2D eigenvalue weighted by atomic mass is 16.6. The average molecular weight is 265 g/mol. The van der Waals surface area contributed by atoms with Crippen molar-refractivity contribution >= 4 is 5.97 Å². The van der Waals surface area contributed by atoms with E-state index in [2.05, 4.69) is 10.3 Å². The lowest BCUT2D eigenvalue weighted by atomic mass is 10.3. The van der Waals surface area contributed by atoms with E-state index in [1.807, 2.05) is 6.07 Å². The Hall–Kier alpha value is -2.15. The minimum atomic E-state index is -0.493. The summed E-state index contributed by atoms with van der Waals surface area (Å²) in [6, 6.07) is 1.83. The molecule has 2 rings (SSSR count). The van der Waals surface area contributed by atoms with Crippen LogP contribution < -0.4 is 0 Å². The lowest BCUT2D eigenvalue weighted by Gasteiger charge is -2.03. The molecule has 0 N–H and O–H groups in total. The Morgan fingerprint density at radius 2 is 2.32 bits per heavy atom. The van der Waals surface area contributed by atoms with Crippen LogP contribution in [-0.2, 0) is 16.0 Å². The second kappa shape index (κ2) is 6.14. The molecule has 2 aromatic heterocycles. The first kappa shape index (κ1) is 13.3. The summed E-state index contributed by atoms with van der Waals surface area (Å²) in [5.74, 6) is -0.493. The van der Waals surface area contributed by atoms with Gasteiger partial charge in [0, 0.05) is 12.7 Å². The molecule has 0 saturated heterocycles. The van der Waals surface area contributed by atoms with Crippen LogP contribution in [0.4, 0.5) is 0 Å². The summed E-state index contributed by atoms with van der Waals surface area (Å²) in [6.45, 7) is 2.82. The van der Waals surface area contributed by atoms with Crippen LogP contribution in [0.3, 0.4) is 0 Å². The van der Waals surface area contributed by atoms with Crippen LogP contribution in [0, 0.1) is 6.92 Å². The van der Waals surface area contributed by atoms with Crippen LogP contribution in [0.25, 0.3) is 0 Å². The van der Waals surface area contributed by atoms with E-state index in [-0.39, 0.29) is 12.3 Å². The first-order valence-corrected chi connectivity index (χ1v) is 5.79. The van der Waals surface area contributed by atoms with Gasteiger partial charge < -0.3 is 13.9 Å². The van der Waals surface area contributed by atoms with Crippen LogP contribution in [0.2, 0.25) is 0 Å². The number of ether oxygens (including phenoxy) is 2. The molecule has 0 bridgehead atoms. The second-order valence-corrected chi connectivity index (χ2v) is 3.94. The van der Waals surface area contributed by atoms with Gasteiger partial charge in [-0.1, -0.05) is 5.21 Å². The Bertz CT molecular complexity index is 533. The molecular weight excluding hydrogens is 250 g/mol. The quantitative estimate of drug-likeness (QED) is 0.573. The molecule has 2 aromatic rings.